The number of unbranched alkanes of at least 4 members (excludes halogenated alkanes) is 1. The number of hydrogen-bond acceptors (Lipinski definition) is 5. The topological polar surface area (TPSA) is 119 Å². The summed E-state index contributed by atoms with van der Waals surface area (Å²) in [5.41, 5.74) is 6.29. The fourth-order valence-corrected chi connectivity index (χ4v) is 4.03. The van der Waals surface area contributed by atoms with Gasteiger partial charge in [0.15, 0.2) is 5.69 Å². The average molecular weight is 491 g/mol. The van der Waals surface area contributed by atoms with Crippen LogP contribution in [0.2, 0.25) is 0 Å². The summed E-state index contributed by atoms with van der Waals surface area (Å²) in [6.07, 6.45) is 2.80. The van der Waals surface area contributed by atoms with Crippen LogP contribution in [0.3, 0.4) is 0 Å². The molecule has 4 rings (SSSR count). The molecule has 10 heteroatoms. The summed E-state index contributed by atoms with van der Waals surface area (Å²) in [5, 5.41) is 4.22. The molecule has 1 amide bonds. The van der Waals surface area contributed by atoms with Gasteiger partial charge in [-0.05, 0) is 31.0 Å². The lowest BCUT2D eigenvalue weighted by Gasteiger charge is -2.24. The van der Waals surface area contributed by atoms with Gasteiger partial charge in [0.25, 0.3) is 11.5 Å². The van der Waals surface area contributed by atoms with Crippen molar-refractivity contribution < 1.29 is 9.18 Å². The molecule has 0 aliphatic rings. The van der Waals surface area contributed by atoms with Crippen molar-refractivity contribution in [3.63, 3.8) is 0 Å². The first-order valence-corrected chi connectivity index (χ1v) is 11.6. The number of nitrogens with two attached hydrogens (primary N) is 1. The maximum Gasteiger partial charge on any atom is 0.330 e. The van der Waals surface area contributed by atoms with Gasteiger partial charge in [-0.15, -0.1) is 0 Å². The predicted molar refractivity (Wildman–Crippen MR) is 136 cm³/mol. The van der Waals surface area contributed by atoms with E-state index >= 15 is 0 Å². The third-order valence-corrected chi connectivity index (χ3v) is 5.97. The summed E-state index contributed by atoms with van der Waals surface area (Å²) in [6, 6.07) is 15.2. The number of nitrogens with one attached hydrogen (secondary N) is 1. The number of aromatic nitrogens is 4. The summed E-state index contributed by atoms with van der Waals surface area (Å²) in [6.45, 7) is 3.92. The van der Waals surface area contributed by atoms with E-state index in [1.54, 1.807) is 25.1 Å². The minimum absolute atomic E-state index is 0.0171. The summed E-state index contributed by atoms with van der Waals surface area (Å²) in [4.78, 5) is 42.9. The summed E-state index contributed by atoms with van der Waals surface area (Å²) < 4.78 is 17.0. The maximum absolute atomic E-state index is 14.4. The Kier molecular flexibility index (Phi) is 7.14. The van der Waals surface area contributed by atoms with Gasteiger partial charge in [-0.25, -0.2) is 13.9 Å². The van der Waals surface area contributed by atoms with Gasteiger partial charge >= 0.3 is 5.69 Å². The summed E-state index contributed by atoms with van der Waals surface area (Å²) >= 11 is 0. The normalized spacial score (nSPS) is 11.0. The second-order valence-corrected chi connectivity index (χ2v) is 8.38. The molecule has 0 saturated heterocycles. The Morgan fingerprint density at radius 3 is 2.50 bits per heavy atom. The molecule has 9 nitrogen and oxygen atoms in total. The molecule has 3 N–H and O–H groups in total. The highest BCUT2D eigenvalue weighted by molar-refractivity contribution is 6.07. The van der Waals surface area contributed by atoms with Crippen LogP contribution in [0.1, 0.15) is 41.4 Å². The molecule has 0 bridgehead atoms. The van der Waals surface area contributed by atoms with E-state index in [1.807, 2.05) is 37.3 Å². The molecule has 0 radical (unpaired) electrons. The minimum atomic E-state index is -0.770. The van der Waals surface area contributed by atoms with Crippen LogP contribution in [0.4, 0.5) is 15.9 Å². The number of aromatic amines is 1. The van der Waals surface area contributed by atoms with Crippen LogP contribution >= 0.6 is 0 Å². The predicted octanol–water partition coefficient (Wildman–Crippen LogP) is 3.40. The molecular formula is C26H27FN6O3. The minimum Gasteiger partial charge on any atom is -0.383 e. The highest BCUT2D eigenvalue weighted by Gasteiger charge is 2.28. The van der Waals surface area contributed by atoms with E-state index in [1.165, 1.54) is 26.4 Å². The van der Waals surface area contributed by atoms with Crippen LogP contribution in [-0.4, -0.2) is 25.2 Å². The molecule has 36 heavy (non-hydrogen) atoms. The zero-order valence-corrected chi connectivity index (χ0v) is 20.1. The van der Waals surface area contributed by atoms with Gasteiger partial charge in [0.1, 0.15) is 17.3 Å². The maximum atomic E-state index is 14.4. The average Bonchev–Trinajstić information content (AvgIpc) is 3.24. The summed E-state index contributed by atoms with van der Waals surface area (Å²) in [7, 11) is 0. The fourth-order valence-electron chi connectivity index (χ4n) is 4.03. The fraction of sp³-hybridized carbons (Fsp3) is 0.231. The van der Waals surface area contributed by atoms with Gasteiger partial charge in [0, 0.05) is 6.54 Å². The number of amides is 1. The molecule has 0 saturated carbocycles. The first kappa shape index (κ1) is 24.6. The molecule has 0 spiro atoms. The highest BCUT2D eigenvalue weighted by atomic mass is 19.1. The van der Waals surface area contributed by atoms with Crippen molar-refractivity contribution in [3.8, 4) is 5.69 Å². The van der Waals surface area contributed by atoms with E-state index in [0.717, 1.165) is 12.0 Å². The van der Waals surface area contributed by atoms with E-state index in [4.69, 9.17) is 5.73 Å². The molecule has 0 aliphatic heterocycles. The van der Waals surface area contributed by atoms with Crippen molar-refractivity contribution in [2.45, 2.75) is 39.8 Å². The molecule has 0 unspecified atom stereocenters. The van der Waals surface area contributed by atoms with E-state index in [-0.39, 0.29) is 29.3 Å². The number of carbonyl (C=O) groups excluding carboxylic acids is 1. The van der Waals surface area contributed by atoms with Crippen LogP contribution in [0, 0.1) is 12.7 Å². The number of para-hydroxylation sites is 1. The van der Waals surface area contributed by atoms with Crippen molar-refractivity contribution in [1.82, 2.24) is 19.3 Å². The lowest BCUT2D eigenvalue weighted by molar-refractivity contribution is 0.0984. The van der Waals surface area contributed by atoms with Gasteiger partial charge in [-0.2, -0.15) is 5.10 Å². The van der Waals surface area contributed by atoms with Gasteiger partial charge in [0.2, 0.25) is 0 Å². The molecule has 2 aromatic heterocycles. The number of halogens is 1. The molecule has 0 aliphatic carbocycles. The first-order chi connectivity index (χ1) is 17.3. The number of carbonyl (C=O) groups is 1. The van der Waals surface area contributed by atoms with Crippen LogP contribution < -0.4 is 21.9 Å². The van der Waals surface area contributed by atoms with E-state index in [9.17, 15) is 18.8 Å². The van der Waals surface area contributed by atoms with Crippen LogP contribution in [0.25, 0.3) is 5.69 Å². The smallest absolute Gasteiger partial charge is 0.330 e. The zero-order valence-electron chi connectivity index (χ0n) is 20.1. The number of rotatable bonds is 8. The lowest BCUT2D eigenvalue weighted by atomic mass is 10.1. The summed E-state index contributed by atoms with van der Waals surface area (Å²) in [5.74, 6) is -1.15. The number of hydrogen-bond donors (Lipinski definition) is 2. The molecule has 186 valence electrons. The third kappa shape index (κ3) is 4.70. The Morgan fingerprint density at radius 1 is 1.11 bits per heavy atom. The number of H-pyrrole nitrogens is 1. The SMILES string of the molecule is CCCCn1c(N)c(N(Cc2ccccc2)C(=O)c2cnn(-c3ccccc3F)c2C)c(=O)[nH]c1=O. The number of benzene rings is 2. The van der Waals surface area contributed by atoms with Gasteiger partial charge in [-0.3, -0.25) is 24.0 Å². The quantitative estimate of drug-likeness (QED) is 0.392. The van der Waals surface area contributed by atoms with Gasteiger partial charge in [0.05, 0.1) is 24.0 Å². The Labute approximate surface area is 206 Å². The molecule has 2 aromatic carbocycles. The standard InChI is InChI=1S/C26H27FN6O3/c1-3-4-14-31-23(28)22(24(34)30-26(31)36)32(16-18-10-6-5-7-11-18)25(35)19-15-29-33(17(19)2)21-13-9-8-12-20(21)27/h5-13,15H,3-4,14,16,28H2,1-2H3,(H,30,34,36). The van der Waals surface area contributed by atoms with Crippen molar-refractivity contribution in [3.05, 3.63) is 104 Å². The molecule has 0 fully saturated rings. The van der Waals surface area contributed by atoms with E-state index in [0.29, 0.717) is 18.7 Å². The Hall–Kier alpha value is -4.47. The second-order valence-electron chi connectivity index (χ2n) is 8.38. The Balaban J connectivity index is 1.85. The Bertz CT molecular complexity index is 1510. The largest absolute Gasteiger partial charge is 0.383 e. The van der Waals surface area contributed by atoms with E-state index in [2.05, 4.69) is 10.1 Å². The molecule has 2 heterocycles. The van der Waals surface area contributed by atoms with Crippen molar-refractivity contribution in [2.75, 3.05) is 10.6 Å². The number of nitrogens with zero attached hydrogens (tertiary/aromatic N) is 4. The monoisotopic (exact) mass is 490 g/mol. The van der Waals surface area contributed by atoms with Crippen molar-refractivity contribution in [2.24, 2.45) is 0 Å². The molecular weight excluding hydrogens is 463 g/mol. The van der Waals surface area contributed by atoms with Crippen LogP contribution in [0.5, 0.6) is 0 Å². The van der Waals surface area contributed by atoms with Gasteiger partial charge < -0.3 is 5.73 Å². The van der Waals surface area contributed by atoms with Crippen LogP contribution in [0.15, 0.2) is 70.4 Å². The van der Waals surface area contributed by atoms with Gasteiger partial charge in [-0.1, -0.05) is 55.8 Å². The number of anilines is 2. The van der Waals surface area contributed by atoms with E-state index < -0.39 is 23.0 Å². The molecule has 4 aromatic rings. The highest BCUT2D eigenvalue weighted by Crippen LogP contribution is 2.25. The zero-order chi connectivity index (χ0) is 25.8. The first-order valence-electron chi connectivity index (χ1n) is 11.6. The van der Waals surface area contributed by atoms with Crippen molar-refractivity contribution >= 4 is 17.4 Å². The Morgan fingerprint density at radius 2 is 1.81 bits per heavy atom. The van der Waals surface area contributed by atoms with Crippen molar-refractivity contribution in [1.29, 1.82) is 0 Å². The van der Waals surface area contributed by atoms with Crippen LogP contribution in [-0.2, 0) is 13.1 Å². The third-order valence-electron chi connectivity index (χ3n) is 5.97. The number of nitrogen functional groups attached to an aromatic ring is 1. The lowest BCUT2D eigenvalue weighted by Crippen LogP contribution is -2.41. The molecule has 0 atom stereocenters. The second kappa shape index (κ2) is 10.4.